The van der Waals surface area contributed by atoms with E-state index in [2.05, 4.69) is 4.98 Å². The summed E-state index contributed by atoms with van der Waals surface area (Å²) in [4.78, 5) is 2.40. The Morgan fingerprint density at radius 2 is 1.33 bits per heavy atom. The summed E-state index contributed by atoms with van der Waals surface area (Å²) in [6, 6.07) is 1.24. The molecule has 0 aliphatic carbocycles. The van der Waals surface area contributed by atoms with Gasteiger partial charge in [-0.3, -0.25) is 0 Å². The number of benzene rings is 1. The van der Waals surface area contributed by atoms with Crippen molar-refractivity contribution in [3.05, 3.63) is 52.9 Å². The van der Waals surface area contributed by atoms with Crippen molar-refractivity contribution in [1.29, 1.82) is 0 Å². The lowest BCUT2D eigenvalue weighted by Crippen LogP contribution is -2.07. The summed E-state index contributed by atoms with van der Waals surface area (Å²) in [5.41, 5.74) is -2.07. The van der Waals surface area contributed by atoms with Crippen LogP contribution in [0.5, 0.6) is 0 Å². The van der Waals surface area contributed by atoms with E-state index in [0.717, 1.165) is 6.07 Å². The average molecular weight is 305 g/mol. The molecule has 2 aromatic rings. The quantitative estimate of drug-likeness (QED) is 0.578. The fraction of sp³-hybridized carbons (Fsp3) is 0.214. The predicted molar refractivity (Wildman–Crippen MR) is 63.5 cm³/mol. The Labute approximate surface area is 116 Å². The third-order valence-electron chi connectivity index (χ3n) is 2.96. The zero-order valence-electron chi connectivity index (χ0n) is 10.9. The lowest BCUT2D eigenvalue weighted by atomic mass is 9.92. The normalized spacial score (nSPS) is 11.3. The number of nitrogens with zero attached hydrogens (tertiary/aromatic N) is 1. The summed E-state index contributed by atoms with van der Waals surface area (Å²) in [5.74, 6) is -10.3. The zero-order valence-corrected chi connectivity index (χ0v) is 10.9. The van der Waals surface area contributed by atoms with Crippen LogP contribution >= 0.6 is 0 Å². The topological polar surface area (TPSA) is 12.9 Å². The number of aromatic nitrogens is 1. The molecule has 0 spiro atoms. The molecule has 1 nitrogen and oxygen atoms in total. The molecular weight excluding hydrogens is 296 g/mol. The van der Waals surface area contributed by atoms with E-state index in [1.807, 2.05) is 0 Å². The van der Waals surface area contributed by atoms with Gasteiger partial charge in [0.15, 0.2) is 11.6 Å². The van der Waals surface area contributed by atoms with Crippen LogP contribution in [0.4, 0.5) is 26.3 Å². The minimum atomic E-state index is -1.90. The average Bonchev–Trinajstić information content (AvgIpc) is 2.38. The van der Waals surface area contributed by atoms with Crippen molar-refractivity contribution in [2.24, 2.45) is 0 Å². The first kappa shape index (κ1) is 15.3. The zero-order chi connectivity index (χ0) is 15.9. The molecule has 0 unspecified atom stereocenters. The molecule has 0 aliphatic heterocycles. The number of pyridine rings is 1. The van der Waals surface area contributed by atoms with Gasteiger partial charge in [0, 0.05) is 11.6 Å². The number of hydrogen-bond acceptors (Lipinski definition) is 1. The van der Waals surface area contributed by atoms with Gasteiger partial charge in [0.1, 0.15) is 11.6 Å². The van der Waals surface area contributed by atoms with Crippen LogP contribution in [-0.2, 0) is 0 Å². The Hall–Kier alpha value is -2.05. The van der Waals surface area contributed by atoms with Gasteiger partial charge in [0.2, 0.25) is 0 Å². The van der Waals surface area contributed by atoms with Crippen LogP contribution in [0.1, 0.15) is 25.3 Å². The Balaban J connectivity index is 2.91. The number of hydrogen-bond donors (Lipinski definition) is 0. The minimum Gasteiger partial charge on any atom is -0.207 e. The molecule has 0 fully saturated rings. The number of rotatable bonds is 2. The van der Waals surface area contributed by atoms with E-state index < -0.39 is 52.2 Å². The summed E-state index contributed by atoms with van der Waals surface area (Å²) in [6.45, 7) is 3.03. The maximum absolute atomic E-state index is 13.9. The van der Waals surface area contributed by atoms with Crippen LogP contribution in [0.15, 0.2) is 12.1 Å². The van der Waals surface area contributed by atoms with E-state index in [9.17, 15) is 26.3 Å². The van der Waals surface area contributed by atoms with Crippen molar-refractivity contribution in [1.82, 2.24) is 4.98 Å². The number of halogens is 6. The molecule has 0 N–H and O–H groups in total. The summed E-state index contributed by atoms with van der Waals surface area (Å²) in [6.07, 6.45) is 0. The van der Waals surface area contributed by atoms with Crippen molar-refractivity contribution < 1.29 is 26.3 Å². The Morgan fingerprint density at radius 3 is 1.81 bits per heavy atom. The summed E-state index contributed by atoms with van der Waals surface area (Å²) in [5, 5.41) is 0. The summed E-state index contributed by atoms with van der Waals surface area (Å²) < 4.78 is 81.0. The molecule has 7 heteroatoms. The standard InChI is InChI=1S/C14H9F6N/c1-5(2)7-3-6(15)4-8(16)9(7)10-11(17)13(19)21-14(20)12(10)18/h3-5H,1-2H3. The molecule has 0 saturated heterocycles. The van der Waals surface area contributed by atoms with Gasteiger partial charge in [-0.05, 0) is 17.5 Å². The van der Waals surface area contributed by atoms with Gasteiger partial charge in [-0.1, -0.05) is 13.8 Å². The SMILES string of the molecule is CC(C)c1cc(F)cc(F)c1-c1c(F)c(F)nc(F)c1F. The molecule has 112 valence electrons. The van der Waals surface area contributed by atoms with Crippen molar-refractivity contribution in [3.8, 4) is 11.1 Å². The van der Waals surface area contributed by atoms with Crippen LogP contribution in [0.2, 0.25) is 0 Å². The molecule has 1 aromatic heterocycles. The molecule has 0 saturated carbocycles. The lowest BCUT2D eigenvalue weighted by Gasteiger charge is -2.15. The van der Waals surface area contributed by atoms with E-state index >= 15 is 0 Å². The third-order valence-corrected chi connectivity index (χ3v) is 2.96. The molecule has 0 amide bonds. The monoisotopic (exact) mass is 305 g/mol. The second kappa shape index (κ2) is 5.38. The third kappa shape index (κ3) is 2.59. The Morgan fingerprint density at radius 1 is 0.810 bits per heavy atom. The van der Waals surface area contributed by atoms with Crippen molar-refractivity contribution in [2.75, 3.05) is 0 Å². The highest BCUT2D eigenvalue weighted by Gasteiger charge is 2.27. The van der Waals surface area contributed by atoms with E-state index in [1.54, 1.807) is 0 Å². The van der Waals surface area contributed by atoms with Gasteiger partial charge in [-0.25, -0.2) is 17.6 Å². The molecule has 2 rings (SSSR count). The van der Waals surface area contributed by atoms with Gasteiger partial charge >= 0.3 is 0 Å². The molecule has 1 aromatic carbocycles. The molecular formula is C14H9F6N. The maximum atomic E-state index is 13.9. The van der Waals surface area contributed by atoms with Gasteiger partial charge in [0.25, 0.3) is 11.9 Å². The fourth-order valence-corrected chi connectivity index (χ4v) is 2.02. The Kier molecular flexibility index (Phi) is 3.93. The lowest BCUT2D eigenvalue weighted by molar-refractivity contribution is 0.409. The summed E-state index contributed by atoms with van der Waals surface area (Å²) >= 11 is 0. The Bertz CT molecular complexity index is 685. The predicted octanol–water partition coefficient (Wildman–Crippen LogP) is 4.71. The van der Waals surface area contributed by atoms with Crippen LogP contribution < -0.4 is 0 Å². The molecule has 0 atom stereocenters. The van der Waals surface area contributed by atoms with Crippen molar-refractivity contribution in [3.63, 3.8) is 0 Å². The maximum Gasteiger partial charge on any atom is 0.252 e. The fourth-order valence-electron chi connectivity index (χ4n) is 2.02. The van der Waals surface area contributed by atoms with Crippen LogP contribution in [-0.4, -0.2) is 4.98 Å². The highest BCUT2D eigenvalue weighted by atomic mass is 19.2. The van der Waals surface area contributed by atoms with Gasteiger partial charge in [-0.2, -0.15) is 13.8 Å². The summed E-state index contributed by atoms with van der Waals surface area (Å²) in [7, 11) is 0. The second-order valence-corrected chi connectivity index (χ2v) is 4.70. The smallest absolute Gasteiger partial charge is 0.207 e. The van der Waals surface area contributed by atoms with Crippen LogP contribution in [0, 0.1) is 35.2 Å². The molecule has 21 heavy (non-hydrogen) atoms. The van der Waals surface area contributed by atoms with Gasteiger partial charge in [0.05, 0.1) is 5.56 Å². The molecule has 0 radical (unpaired) electrons. The molecule has 0 aliphatic rings. The minimum absolute atomic E-state index is 0.115. The molecule has 1 heterocycles. The van der Waals surface area contributed by atoms with Crippen molar-refractivity contribution >= 4 is 0 Å². The first-order valence-corrected chi connectivity index (χ1v) is 5.93. The highest BCUT2D eigenvalue weighted by molar-refractivity contribution is 5.70. The van der Waals surface area contributed by atoms with Gasteiger partial charge < -0.3 is 0 Å². The van der Waals surface area contributed by atoms with E-state index in [1.165, 1.54) is 13.8 Å². The van der Waals surface area contributed by atoms with Crippen LogP contribution in [0.25, 0.3) is 11.1 Å². The first-order valence-electron chi connectivity index (χ1n) is 5.93. The van der Waals surface area contributed by atoms with E-state index in [4.69, 9.17) is 0 Å². The second-order valence-electron chi connectivity index (χ2n) is 4.70. The molecule has 0 bridgehead atoms. The van der Waals surface area contributed by atoms with E-state index in [0.29, 0.717) is 6.07 Å². The largest absolute Gasteiger partial charge is 0.252 e. The first-order chi connectivity index (χ1) is 9.73. The van der Waals surface area contributed by atoms with Gasteiger partial charge in [-0.15, -0.1) is 0 Å². The highest BCUT2D eigenvalue weighted by Crippen LogP contribution is 2.36. The van der Waals surface area contributed by atoms with E-state index in [-0.39, 0.29) is 5.56 Å². The van der Waals surface area contributed by atoms with Crippen molar-refractivity contribution in [2.45, 2.75) is 19.8 Å². The van der Waals surface area contributed by atoms with Crippen LogP contribution in [0.3, 0.4) is 0 Å².